The number of phosphoric acid groups is 1. The highest BCUT2D eigenvalue weighted by molar-refractivity contribution is 7.46. The average molecular weight is 328 g/mol. The molecule has 0 saturated heterocycles. The molecule has 0 fully saturated rings. The minimum Gasteiger partial charge on any atom is -0.303 e. The van der Waals surface area contributed by atoms with Crippen LogP contribution >= 0.6 is 42.6 Å². The summed E-state index contributed by atoms with van der Waals surface area (Å²) < 4.78 is 15.2. The van der Waals surface area contributed by atoms with Gasteiger partial charge in [0.2, 0.25) is 0 Å². The van der Waals surface area contributed by atoms with E-state index in [1.807, 2.05) is 0 Å². The van der Waals surface area contributed by atoms with Crippen LogP contribution in [0.3, 0.4) is 0 Å². The molecule has 2 N–H and O–H groups in total. The van der Waals surface area contributed by atoms with Crippen molar-refractivity contribution in [1.29, 1.82) is 0 Å². The van der Waals surface area contributed by atoms with Crippen LogP contribution in [0.25, 0.3) is 0 Å². The molecule has 8 heteroatoms. The molecule has 0 spiro atoms. The quantitative estimate of drug-likeness (QED) is 0.530. The van der Waals surface area contributed by atoms with Gasteiger partial charge in [-0.15, -0.1) is 34.8 Å². The predicted molar refractivity (Wildman–Crippen MR) is 71.0 cm³/mol. The Hall–Kier alpha value is 0.980. The van der Waals surface area contributed by atoms with Crippen LogP contribution in [0, 0.1) is 5.41 Å². The Morgan fingerprint density at radius 1 is 1.18 bits per heavy atom. The van der Waals surface area contributed by atoms with Crippen LogP contribution in [0.15, 0.2) is 0 Å². The molecule has 0 aromatic carbocycles. The normalized spacial score (nSPS) is 14.1. The summed E-state index contributed by atoms with van der Waals surface area (Å²) in [7, 11) is -4.49. The summed E-state index contributed by atoms with van der Waals surface area (Å²) in [5, 5.41) is 0. The van der Waals surface area contributed by atoms with Gasteiger partial charge in [-0.05, 0) is 12.8 Å². The van der Waals surface area contributed by atoms with E-state index in [9.17, 15) is 4.57 Å². The first-order valence-electron chi connectivity index (χ1n) is 5.09. The minimum absolute atomic E-state index is 0.158. The van der Waals surface area contributed by atoms with Gasteiger partial charge in [-0.2, -0.15) is 0 Å². The van der Waals surface area contributed by atoms with Crippen molar-refractivity contribution in [2.75, 3.05) is 18.4 Å². The smallest absolute Gasteiger partial charge is 0.303 e. The second-order valence-electron chi connectivity index (χ2n) is 4.49. The first kappa shape index (κ1) is 18.0. The van der Waals surface area contributed by atoms with E-state index < -0.39 is 18.1 Å². The number of halogens is 3. The van der Waals surface area contributed by atoms with E-state index in [1.165, 1.54) is 0 Å². The molecule has 104 valence electrons. The lowest BCUT2D eigenvalue weighted by Crippen LogP contribution is -2.43. The Kier molecular flexibility index (Phi) is 7.35. The molecule has 0 aliphatic heterocycles. The van der Waals surface area contributed by atoms with Crippen LogP contribution in [0.5, 0.6) is 0 Å². The molecule has 17 heavy (non-hydrogen) atoms. The standard InChI is InChI=1S/C9H18Cl3O4P/c1-8(2,7-16-17(13,14)15)9(12,3-5-10)4-6-11/h3-7H2,1-2H3,(H2,13,14,15). The summed E-state index contributed by atoms with van der Waals surface area (Å²) >= 11 is 17.8. The molecule has 0 radical (unpaired) electrons. The fraction of sp³-hybridized carbons (Fsp3) is 1.00. The summed E-state index contributed by atoms with van der Waals surface area (Å²) in [6, 6.07) is 0. The number of phosphoric ester groups is 1. The van der Waals surface area contributed by atoms with Crippen molar-refractivity contribution in [1.82, 2.24) is 0 Å². The fourth-order valence-electron chi connectivity index (χ4n) is 1.48. The van der Waals surface area contributed by atoms with Crippen molar-refractivity contribution < 1.29 is 18.9 Å². The third kappa shape index (κ3) is 6.11. The fourth-order valence-corrected chi connectivity index (χ4v) is 3.05. The topological polar surface area (TPSA) is 66.8 Å². The Morgan fingerprint density at radius 3 is 1.88 bits per heavy atom. The van der Waals surface area contributed by atoms with Crippen LogP contribution in [0.2, 0.25) is 0 Å². The highest BCUT2D eigenvalue weighted by atomic mass is 35.5. The van der Waals surface area contributed by atoms with Gasteiger partial charge in [-0.1, -0.05) is 13.8 Å². The van der Waals surface area contributed by atoms with Gasteiger partial charge in [0.05, 0.1) is 11.5 Å². The molecule has 4 nitrogen and oxygen atoms in total. The molecule has 0 rings (SSSR count). The van der Waals surface area contributed by atoms with Crippen molar-refractivity contribution >= 4 is 42.6 Å². The average Bonchev–Trinajstić information content (AvgIpc) is 2.14. The molecule has 0 saturated carbocycles. The highest BCUT2D eigenvalue weighted by Gasteiger charge is 2.43. The first-order chi connectivity index (χ1) is 7.58. The Labute approximate surface area is 117 Å². The maximum Gasteiger partial charge on any atom is 0.469 e. The molecule has 0 heterocycles. The minimum atomic E-state index is -4.49. The van der Waals surface area contributed by atoms with Gasteiger partial charge in [0.15, 0.2) is 0 Å². The van der Waals surface area contributed by atoms with Gasteiger partial charge in [0.25, 0.3) is 0 Å². The van der Waals surface area contributed by atoms with Gasteiger partial charge in [0, 0.05) is 17.2 Å². The zero-order valence-corrected chi connectivity index (χ0v) is 13.0. The van der Waals surface area contributed by atoms with E-state index in [2.05, 4.69) is 4.52 Å². The number of alkyl halides is 3. The van der Waals surface area contributed by atoms with Crippen LogP contribution < -0.4 is 0 Å². The molecule has 0 aliphatic carbocycles. The van der Waals surface area contributed by atoms with Gasteiger partial charge in [-0.3, -0.25) is 4.52 Å². The van der Waals surface area contributed by atoms with Crippen molar-refractivity contribution in [3.05, 3.63) is 0 Å². The van der Waals surface area contributed by atoms with Crippen LogP contribution in [-0.4, -0.2) is 33.0 Å². The second kappa shape index (κ2) is 6.95. The predicted octanol–water partition coefficient (Wildman–Crippen LogP) is 3.36. The Bertz CT molecular complexity index is 273. The summed E-state index contributed by atoms with van der Waals surface area (Å²) in [5.74, 6) is 0.694. The monoisotopic (exact) mass is 326 g/mol. The summed E-state index contributed by atoms with van der Waals surface area (Å²) in [4.78, 5) is 16.7. The molecule has 0 aromatic heterocycles. The molecule has 0 aliphatic rings. The molecular formula is C9H18Cl3O4P. The zero-order valence-electron chi connectivity index (χ0n) is 9.83. The third-order valence-corrected chi connectivity index (χ3v) is 4.52. The molecule has 0 amide bonds. The maximum absolute atomic E-state index is 10.7. The lowest BCUT2D eigenvalue weighted by atomic mass is 9.75. The third-order valence-electron chi connectivity index (χ3n) is 2.79. The Balaban J connectivity index is 4.76. The second-order valence-corrected chi connectivity index (χ2v) is 7.21. The van der Waals surface area contributed by atoms with E-state index >= 15 is 0 Å². The SMILES string of the molecule is CC(C)(COP(=O)(O)O)C(Cl)(CCCl)CCCl. The first-order valence-corrected chi connectivity index (χ1v) is 8.07. The largest absolute Gasteiger partial charge is 0.469 e. The van der Waals surface area contributed by atoms with Gasteiger partial charge in [0.1, 0.15) is 0 Å². The molecule has 0 bridgehead atoms. The highest BCUT2D eigenvalue weighted by Crippen LogP contribution is 2.46. The van der Waals surface area contributed by atoms with E-state index in [4.69, 9.17) is 44.6 Å². The van der Waals surface area contributed by atoms with Crippen LogP contribution in [-0.2, 0) is 9.09 Å². The van der Waals surface area contributed by atoms with Crippen molar-refractivity contribution in [2.24, 2.45) is 5.41 Å². The molecular weight excluding hydrogens is 309 g/mol. The van der Waals surface area contributed by atoms with E-state index in [-0.39, 0.29) is 6.61 Å². The molecule has 0 aromatic rings. The van der Waals surface area contributed by atoms with E-state index in [0.29, 0.717) is 24.6 Å². The van der Waals surface area contributed by atoms with Crippen molar-refractivity contribution in [2.45, 2.75) is 31.6 Å². The maximum atomic E-state index is 10.7. The number of rotatable bonds is 8. The van der Waals surface area contributed by atoms with Crippen LogP contribution in [0.4, 0.5) is 0 Å². The zero-order chi connectivity index (χ0) is 13.7. The Morgan fingerprint density at radius 2 is 1.59 bits per heavy atom. The summed E-state index contributed by atoms with van der Waals surface area (Å²) in [5.41, 5.74) is -0.653. The van der Waals surface area contributed by atoms with Gasteiger partial charge >= 0.3 is 7.82 Å². The summed E-state index contributed by atoms with van der Waals surface area (Å²) in [6.07, 6.45) is 0.973. The van der Waals surface area contributed by atoms with Gasteiger partial charge in [-0.25, -0.2) is 4.57 Å². The van der Waals surface area contributed by atoms with Gasteiger partial charge < -0.3 is 9.79 Å². The molecule has 0 unspecified atom stereocenters. The molecule has 0 atom stereocenters. The number of hydrogen-bond donors (Lipinski definition) is 2. The lowest BCUT2D eigenvalue weighted by molar-refractivity contribution is 0.0933. The van der Waals surface area contributed by atoms with E-state index in [0.717, 1.165) is 0 Å². The van der Waals surface area contributed by atoms with E-state index in [1.54, 1.807) is 13.8 Å². The van der Waals surface area contributed by atoms with Crippen molar-refractivity contribution in [3.63, 3.8) is 0 Å². The number of hydrogen-bond acceptors (Lipinski definition) is 2. The van der Waals surface area contributed by atoms with Crippen molar-refractivity contribution in [3.8, 4) is 0 Å². The summed E-state index contributed by atoms with van der Waals surface area (Å²) in [6.45, 7) is 3.39. The lowest BCUT2D eigenvalue weighted by Gasteiger charge is -2.41. The van der Waals surface area contributed by atoms with Crippen LogP contribution in [0.1, 0.15) is 26.7 Å².